The average Bonchev–Trinajstić information content (AvgIpc) is 2.75. The minimum absolute atomic E-state index is 0.233. The third-order valence-electron chi connectivity index (χ3n) is 2.04. The molecule has 0 unspecified atom stereocenters. The summed E-state index contributed by atoms with van der Waals surface area (Å²) in [6.45, 7) is 0. The lowest BCUT2D eigenvalue weighted by Crippen LogP contribution is -2.17. The van der Waals surface area contributed by atoms with Crippen LogP contribution in [0.2, 0.25) is 0 Å². The fourth-order valence-electron chi connectivity index (χ4n) is 1.25. The Bertz CT molecular complexity index is 595. The molecule has 2 aromatic rings. The van der Waals surface area contributed by atoms with Crippen LogP contribution in [-0.4, -0.2) is 12.1 Å². The fraction of sp³-hybridized carbons (Fsp3) is 0. The number of amides is 1. The van der Waals surface area contributed by atoms with Crippen molar-refractivity contribution >= 4 is 55.3 Å². The van der Waals surface area contributed by atoms with Crippen LogP contribution < -0.4 is 5.43 Å². The molecule has 0 radical (unpaired) electrons. The molecule has 0 fully saturated rings. The average molecular weight is 388 g/mol. The molecule has 0 spiro atoms. The lowest BCUT2D eigenvalue weighted by atomic mass is 10.2. The Kier molecular flexibility index (Phi) is 4.68. The summed E-state index contributed by atoms with van der Waals surface area (Å²) in [5.74, 6) is -0.233. The molecular formula is C12H8Br2N2OS. The molecule has 0 saturated heterocycles. The summed E-state index contributed by atoms with van der Waals surface area (Å²) in [5, 5.41) is 3.91. The molecule has 3 nitrogen and oxygen atoms in total. The van der Waals surface area contributed by atoms with Crippen LogP contribution in [0.1, 0.15) is 15.2 Å². The zero-order valence-electron chi connectivity index (χ0n) is 9.06. The molecule has 0 aliphatic carbocycles. The van der Waals surface area contributed by atoms with E-state index < -0.39 is 0 Å². The van der Waals surface area contributed by atoms with Crippen molar-refractivity contribution in [2.45, 2.75) is 0 Å². The van der Waals surface area contributed by atoms with Gasteiger partial charge in [0, 0.05) is 14.9 Å². The number of carbonyl (C=O) groups excluding carboxylic acids is 1. The first-order valence-corrected chi connectivity index (χ1v) is 7.40. The van der Waals surface area contributed by atoms with E-state index >= 15 is 0 Å². The summed E-state index contributed by atoms with van der Waals surface area (Å²) in [4.78, 5) is 12.7. The van der Waals surface area contributed by atoms with Crippen LogP contribution in [0.25, 0.3) is 0 Å². The molecule has 0 aliphatic heterocycles. The van der Waals surface area contributed by atoms with Crippen molar-refractivity contribution in [3.05, 3.63) is 55.1 Å². The van der Waals surface area contributed by atoms with Gasteiger partial charge in [-0.15, -0.1) is 11.3 Å². The van der Waals surface area contributed by atoms with Gasteiger partial charge in [-0.1, -0.05) is 22.0 Å². The maximum Gasteiger partial charge on any atom is 0.271 e. The molecular weight excluding hydrogens is 380 g/mol. The summed E-state index contributed by atoms with van der Waals surface area (Å²) in [6.07, 6.45) is 1.62. The predicted molar refractivity (Wildman–Crippen MR) is 81.2 cm³/mol. The highest BCUT2D eigenvalue weighted by Crippen LogP contribution is 2.20. The first kappa shape index (κ1) is 13.5. The number of hydrogen-bond donors (Lipinski definition) is 1. The number of hydrazone groups is 1. The van der Waals surface area contributed by atoms with Crippen molar-refractivity contribution in [1.29, 1.82) is 0 Å². The second kappa shape index (κ2) is 6.26. The Morgan fingerprint density at radius 1 is 1.28 bits per heavy atom. The van der Waals surface area contributed by atoms with Gasteiger partial charge in [0.15, 0.2) is 0 Å². The smallest absolute Gasteiger partial charge is 0.267 e. The van der Waals surface area contributed by atoms with Crippen LogP contribution in [0.3, 0.4) is 0 Å². The molecule has 1 aromatic heterocycles. The number of hydrogen-bond acceptors (Lipinski definition) is 3. The number of rotatable bonds is 3. The SMILES string of the molecule is O=C(N/N=C/c1ccc(Br)s1)c1cccc(Br)c1. The molecule has 0 aliphatic rings. The Morgan fingerprint density at radius 2 is 2.11 bits per heavy atom. The Labute approximate surface area is 125 Å². The van der Waals surface area contributed by atoms with E-state index in [-0.39, 0.29) is 5.91 Å². The zero-order chi connectivity index (χ0) is 13.0. The molecule has 0 saturated carbocycles. The summed E-state index contributed by atoms with van der Waals surface area (Å²) >= 11 is 8.22. The van der Waals surface area contributed by atoms with E-state index in [0.717, 1.165) is 13.1 Å². The lowest BCUT2D eigenvalue weighted by Gasteiger charge is -1.99. The lowest BCUT2D eigenvalue weighted by molar-refractivity contribution is 0.0955. The number of carbonyl (C=O) groups is 1. The summed E-state index contributed by atoms with van der Waals surface area (Å²) in [6, 6.07) is 11.0. The third-order valence-corrected chi connectivity index (χ3v) is 4.09. The van der Waals surface area contributed by atoms with E-state index in [0.29, 0.717) is 5.56 Å². The van der Waals surface area contributed by atoms with Crippen LogP contribution in [0.4, 0.5) is 0 Å². The summed E-state index contributed by atoms with van der Waals surface area (Å²) < 4.78 is 1.89. The van der Waals surface area contributed by atoms with Crippen molar-refractivity contribution in [3.8, 4) is 0 Å². The van der Waals surface area contributed by atoms with Gasteiger partial charge in [0.2, 0.25) is 0 Å². The van der Waals surface area contributed by atoms with E-state index in [1.165, 1.54) is 0 Å². The van der Waals surface area contributed by atoms with Gasteiger partial charge in [0.05, 0.1) is 10.0 Å². The van der Waals surface area contributed by atoms with Gasteiger partial charge in [-0.3, -0.25) is 4.79 Å². The van der Waals surface area contributed by atoms with Crippen molar-refractivity contribution in [1.82, 2.24) is 5.43 Å². The van der Waals surface area contributed by atoms with Crippen LogP contribution in [-0.2, 0) is 0 Å². The molecule has 1 heterocycles. The van der Waals surface area contributed by atoms with Crippen molar-refractivity contribution in [2.24, 2.45) is 5.10 Å². The van der Waals surface area contributed by atoms with Crippen molar-refractivity contribution < 1.29 is 4.79 Å². The number of thiophene rings is 1. The molecule has 1 aromatic carbocycles. The highest BCUT2D eigenvalue weighted by molar-refractivity contribution is 9.11. The number of benzene rings is 1. The first-order valence-electron chi connectivity index (χ1n) is 4.99. The van der Waals surface area contributed by atoms with Gasteiger partial charge >= 0.3 is 0 Å². The molecule has 0 bridgehead atoms. The maximum atomic E-state index is 11.7. The van der Waals surface area contributed by atoms with Crippen LogP contribution in [0, 0.1) is 0 Å². The van der Waals surface area contributed by atoms with E-state index in [4.69, 9.17) is 0 Å². The van der Waals surface area contributed by atoms with Gasteiger partial charge in [-0.25, -0.2) is 5.43 Å². The van der Waals surface area contributed by atoms with Gasteiger partial charge < -0.3 is 0 Å². The van der Waals surface area contributed by atoms with E-state index in [1.54, 1.807) is 35.8 Å². The molecule has 6 heteroatoms. The maximum absolute atomic E-state index is 11.7. The second-order valence-electron chi connectivity index (χ2n) is 3.35. The number of halogens is 2. The van der Waals surface area contributed by atoms with Gasteiger partial charge in [0.25, 0.3) is 5.91 Å². The van der Waals surface area contributed by atoms with Crippen molar-refractivity contribution in [2.75, 3.05) is 0 Å². The minimum atomic E-state index is -0.233. The molecule has 1 amide bonds. The topological polar surface area (TPSA) is 41.5 Å². The standard InChI is InChI=1S/C12H8Br2N2OS/c13-9-3-1-2-8(6-9)12(17)16-15-7-10-4-5-11(14)18-10/h1-7H,(H,16,17)/b15-7+. The minimum Gasteiger partial charge on any atom is -0.267 e. The van der Waals surface area contributed by atoms with Crippen LogP contribution >= 0.6 is 43.2 Å². The Balaban J connectivity index is 1.98. The molecule has 0 atom stereocenters. The highest BCUT2D eigenvalue weighted by atomic mass is 79.9. The van der Waals surface area contributed by atoms with E-state index in [1.807, 2.05) is 18.2 Å². The molecule has 92 valence electrons. The fourth-order valence-corrected chi connectivity index (χ4v) is 2.94. The van der Waals surface area contributed by atoms with Gasteiger partial charge in [-0.2, -0.15) is 5.10 Å². The third kappa shape index (κ3) is 3.76. The first-order chi connectivity index (χ1) is 8.65. The van der Waals surface area contributed by atoms with Crippen LogP contribution in [0.15, 0.2) is 49.8 Å². The molecule has 1 N–H and O–H groups in total. The normalized spacial score (nSPS) is 10.8. The number of nitrogens with one attached hydrogen (secondary N) is 1. The molecule has 18 heavy (non-hydrogen) atoms. The zero-order valence-corrected chi connectivity index (χ0v) is 13.0. The van der Waals surface area contributed by atoms with Gasteiger partial charge in [-0.05, 0) is 46.3 Å². The van der Waals surface area contributed by atoms with Crippen molar-refractivity contribution in [3.63, 3.8) is 0 Å². The Morgan fingerprint density at radius 3 is 2.78 bits per heavy atom. The van der Waals surface area contributed by atoms with E-state index in [9.17, 15) is 4.79 Å². The molecule has 2 rings (SSSR count). The monoisotopic (exact) mass is 386 g/mol. The Hall–Kier alpha value is -0.980. The second-order valence-corrected chi connectivity index (χ2v) is 6.76. The van der Waals surface area contributed by atoms with Crippen LogP contribution in [0.5, 0.6) is 0 Å². The van der Waals surface area contributed by atoms with E-state index in [2.05, 4.69) is 42.4 Å². The summed E-state index contributed by atoms with van der Waals surface area (Å²) in [5.41, 5.74) is 3.05. The predicted octanol–water partition coefficient (Wildman–Crippen LogP) is 4.04. The summed E-state index contributed by atoms with van der Waals surface area (Å²) in [7, 11) is 0. The number of nitrogens with zero attached hydrogens (tertiary/aromatic N) is 1. The van der Waals surface area contributed by atoms with Gasteiger partial charge in [0.1, 0.15) is 0 Å². The largest absolute Gasteiger partial charge is 0.271 e. The quantitative estimate of drug-likeness (QED) is 0.626. The highest BCUT2D eigenvalue weighted by Gasteiger charge is 2.03.